The SMILES string of the molecule is C[C@@H]1CNC[C@@H]2Cc3c(Cl)ccc(F)c3N21. The zero-order chi connectivity index (χ0) is 11.3. The smallest absolute Gasteiger partial charge is 0.146 e. The lowest BCUT2D eigenvalue weighted by atomic mass is 10.1. The maximum Gasteiger partial charge on any atom is 0.146 e. The van der Waals surface area contributed by atoms with Gasteiger partial charge in [0, 0.05) is 30.2 Å². The number of piperazine rings is 1. The highest BCUT2D eigenvalue weighted by Crippen LogP contribution is 2.40. The van der Waals surface area contributed by atoms with Gasteiger partial charge in [-0.2, -0.15) is 0 Å². The molecule has 1 saturated heterocycles. The predicted octanol–water partition coefficient (Wildman–Crippen LogP) is 2.20. The molecule has 4 heteroatoms. The summed E-state index contributed by atoms with van der Waals surface area (Å²) in [5, 5.41) is 4.07. The van der Waals surface area contributed by atoms with E-state index in [4.69, 9.17) is 11.6 Å². The van der Waals surface area contributed by atoms with Crippen LogP contribution in [0.3, 0.4) is 0 Å². The van der Waals surface area contributed by atoms with Gasteiger partial charge in [0.25, 0.3) is 0 Å². The highest BCUT2D eigenvalue weighted by molar-refractivity contribution is 6.31. The third-order valence-corrected chi connectivity index (χ3v) is 3.92. The van der Waals surface area contributed by atoms with Gasteiger partial charge >= 0.3 is 0 Å². The molecule has 0 amide bonds. The van der Waals surface area contributed by atoms with Gasteiger partial charge in [-0.25, -0.2) is 4.39 Å². The standard InChI is InChI=1S/C12H14ClFN2/c1-7-5-15-6-8-4-9-10(13)2-3-11(14)12(9)16(7)8/h2-3,7-8,15H,4-6H2,1H3/t7-,8+/m1/s1. The van der Waals surface area contributed by atoms with E-state index < -0.39 is 0 Å². The van der Waals surface area contributed by atoms with Gasteiger partial charge in [0.1, 0.15) is 5.82 Å². The molecule has 2 aliphatic heterocycles. The number of hydrogen-bond donors (Lipinski definition) is 1. The van der Waals surface area contributed by atoms with Crippen LogP contribution in [0, 0.1) is 5.82 Å². The van der Waals surface area contributed by atoms with E-state index in [1.807, 2.05) is 0 Å². The van der Waals surface area contributed by atoms with Gasteiger partial charge in [0.05, 0.1) is 5.69 Å². The lowest BCUT2D eigenvalue weighted by molar-refractivity contribution is 0.426. The van der Waals surface area contributed by atoms with E-state index in [2.05, 4.69) is 17.1 Å². The molecule has 2 nitrogen and oxygen atoms in total. The van der Waals surface area contributed by atoms with E-state index in [1.54, 1.807) is 6.07 Å². The van der Waals surface area contributed by atoms with Gasteiger partial charge < -0.3 is 10.2 Å². The Bertz CT molecular complexity index is 435. The van der Waals surface area contributed by atoms with E-state index >= 15 is 0 Å². The van der Waals surface area contributed by atoms with Crippen molar-refractivity contribution in [2.75, 3.05) is 18.0 Å². The van der Waals surface area contributed by atoms with Crippen LogP contribution >= 0.6 is 11.6 Å². The summed E-state index contributed by atoms with van der Waals surface area (Å²) >= 11 is 6.14. The average molecular weight is 241 g/mol. The van der Waals surface area contributed by atoms with Crippen LogP contribution in [0.5, 0.6) is 0 Å². The Morgan fingerprint density at radius 1 is 1.44 bits per heavy atom. The third-order valence-electron chi connectivity index (χ3n) is 3.56. The van der Waals surface area contributed by atoms with Crippen LogP contribution in [0.4, 0.5) is 10.1 Å². The van der Waals surface area contributed by atoms with Crippen LogP contribution in [0.1, 0.15) is 12.5 Å². The highest BCUT2D eigenvalue weighted by Gasteiger charge is 2.37. The van der Waals surface area contributed by atoms with Crippen molar-refractivity contribution in [3.63, 3.8) is 0 Å². The fourth-order valence-electron chi connectivity index (χ4n) is 2.88. The number of rotatable bonds is 0. The lowest BCUT2D eigenvalue weighted by Gasteiger charge is -2.38. The van der Waals surface area contributed by atoms with Crippen molar-refractivity contribution < 1.29 is 4.39 Å². The van der Waals surface area contributed by atoms with Gasteiger partial charge in [0.15, 0.2) is 0 Å². The zero-order valence-corrected chi connectivity index (χ0v) is 9.89. The number of halogens is 2. The summed E-state index contributed by atoms with van der Waals surface area (Å²) in [5.74, 6) is -0.143. The highest BCUT2D eigenvalue weighted by atomic mass is 35.5. The maximum atomic E-state index is 13.9. The zero-order valence-electron chi connectivity index (χ0n) is 9.13. The molecule has 16 heavy (non-hydrogen) atoms. The van der Waals surface area contributed by atoms with Crippen molar-refractivity contribution in [3.05, 3.63) is 28.5 Å². The molecule has 0 spiro atoms. The third kappa shape index (κ3) is 1.35. The number of nitrogens with one attached hydrogen (secondary N) is 1. The Morgan fingerprint density at radius 2 is 2.25 bits per heavy atom. The summed E-state index contributed by atoms with van der Waals surface area (Å²) in [7, 11) is 0. The number of nitrogens with zero attached hydrogens (tertiary/aromatic N) is 1. The molecule has 1 aromatic rings. The van der Waals surface area contributed by atoms with Gasteiger partial charge in [0.2, 0.25) is 0 Å². The van der Waals surface area contributed by atoms with Gasteiger partial charge in [-0.15, -0.1) is 0 Å². The monoisotopic (exact) mass is 240 g/mol. The lowest BCUT2D eigenvalue weighted by Crippen LogP contribution is -2.55. The largest absolute Gasteiger partial charge is 0.360 e. The van der Waals surface area contributed by atoms with Crippen LogP contribution in [-0.4, -0.2) is 25.2 Å². The Kier molecular flexibility index (Phi) is 2.33. The van der Waals surface area contributed by atoms with Crippen molar-refractivity contribution in [1.82, 2.24) is 5.32 Å². The summed E-state index contributed by atoms with van der Waals surface area (Å²) < 4.78 is 13.9. The first kappa shape index (κ1) is 10.4. The molecule has 3 rings (SSSR count). The topological polar surface area (TPSA) is 15.3 Å². The van der Waals surface area contributed by atoms with Crippen LogP contribution in [-0.2, 0) is 6.42 Å². The van der Waals surface area contributed by atoms with Crippen LogP contribution in [0.2, 0.25) is 5.02 Å². The summed E-state index contributed by atoms with van der Waals surface area (Å²) in [6, 6.07) is 3.81. The van der Waals surface area contributed by atoms with E-state index in [9.17, 15) is 4.39 Å². The van der Waals surface area contributed by atoms with E-state index in [0.29, 0.717) is 17.1 Å². The fourth-order valence-corrected chi connectivity index (χ4v) is 3.11. The second-order valence-electron chi connectivity index (χ2n) is 4.63. The van der Waals surface area contributed by atoms with Crippen molar-refractivity contribution in [2.45, 2.75) is 25.4 Å². The molecular formula is C12H14ClFN2. The van der Waals surface area contributed by atoms with Crippen LogP contribution in [0.25, 0.3) is 0 Å². The summed E-state index contributed by atoms with van der Waals surface area (Å²) in [5.41, 5.74) is 1.70. The number of anilines is 1. The molecular weight excluding hydrogens is 227 g/mol. The summed E-state index contributed by atoms with van der Waals surface area (Å²) in [6.45, 7) is 3.94. The molecule has 0 aliphatic carbocycles. The molecule has 2 atom stereocenters. The van der Waals surface area contributed by atoms with Gasteiger partial charge in [-0.3, -0.25) is 0 Å². The molecule has 2 aliphatic rings. The second-order valence-corrected chi connectivity index (χ2v) is 5.04. The molecule has 0 aromatic heterocycles. The van der Waals surface area contributed by atoms with Gasteiger partial charge in [-0.1, -0.05) is 11.6 Å². The first-order chi connectivity index (χ1) is 7.68. The Morgan fingerprint density at radius 3 is 3.06 bits per heavy atom. The predicted molar refractivity (Wildman–Crippen MR) is 63.7 cm³/mol. The van der Waals surface area contributed by atoms with Crippen molar-refractivity contribution in [1.29, 1.82) is 0 Å². The minimum absolute atomic E-state index is 0.143. The van der Waals surface area contributed by atoms with Crippen molar-refractivity contribution in [2.24, 2.45) is 0 Å². The molecule has 0 bridgehead atoms. The van der Waals surface area contributed by atoms with Crippen LogP contribution in [0.15, 0.2) is 12.1 Å². The minimum Gasteiger partial charge on any atom is -0.360 e. The maximum absolute atomic E-state index is 13.9. The quantitative estimate of drug-likeness (QED) is 0.748. The first-order valence-corrected chi connectivity index (χ1v) is 6.02. The Balaban J connectivity index is 2.13. The average Bonchev–Trinajstić information content (AvgIpc) is 2.65. The number of fused-ring (bicyclic) bond motifs is 3. The molecule has 0 unspecified atom stereocenters. The summed E-state index contributed by atoms with van der Waals surface area (Å²) in [4.78, 5) is 2.19. The summed E-state index contributed by atoms with van der Waals surface area (Å²) in [6.07, 6.45) is 0.850. The van der Waals surface area contributed by atoms with E-state index in [0.717, 1.165) is 30.8 Å². The molecule has 0 saturated carbocycles. The Hall–Kier alpha value is -0.800. The molecule has 1 N–H and O–H groups in total. The second kappa shape index (κ2) is 3.60. The molecule has 2 heterocycles. The first-order valence-electron chi connectivity index (χ1n) is 5.64. The van der Waals surface area contributed by atoms with Crippen LogP contribution < -0.4 is 10.2 Å². The van der Waals surface area contributed by atoms with E-state index in [-0.39, 0.29) is 5.82 Å². The molecule has 1 fully saturated rings. The molecule has 86 valence electrons. The van der Waals surface area contributed by atoms with Crippen molar-refractivity contribution in [3.8, 4) is 0 Å². The fraction of sp³-hybridized carbons (Fsp3) is 0.500. The number of benzene rings is 1. The minimum atomic E-state index is -0.143. The molecule has 1 aromatic carbocycles. The Labute approximate surface area is 99.4 Å². The number of hydrogen-bond acceptors (Lipinski definition) is 2. The normalized spacial score (nSPS) is 27.8. The van der Waals surface area contributed by atoms with E-state index in [1.165, 1.54) is 6.07 Å². The molecule has 0 radical (unpaired) electrons. The van der Waals surface area contributed by atoms with Gasteiger partial charge in [-0.05, 0) is 31.0 Å². The van der Waals surface area contributed by atoms with Crippen molar-refractivity contribution >= 4 is 17.3 Å².